The second kappa shape index (κ2) is 5.03. The Hall–Kier alpha value is -1.12. The lowest BCUT2D eigenvalue weighted by atomic mass is 9.75. The number of nitrogens with zero attached hydrogens (tertiary/aromatic N) is 2. The van der Waals surface area contributed by atoms with Crippen LogP contribution >= 0.6 is 0 Å². The van der Waals surface area contributed by atoms with Crippen molar-refractivity contribution in [3.63, 3.8) is 0 Å². The quantitative estimate of drug-likeness (QED) is 0.753. The van der Waals surface area contributed by atoms with E-state index < -0.39 is 0 Å². The van der Waals surface area contributed by atoms with Gasteiger partial charge in [-0.15, -0.1) is 0 Å². The number of aromatic nitrogens is 2. The third-order valence-electron chi connectivity index (χ3n) is 4.16. The number of Topliss-reactive ketones (excluding diaryl/α,β-unsaturated/α-hetero) is 1. The standard InChI is InChI=1S/C14H22N2O/c1-10(2)11-4-6-12(7-5-11)14(17)13-8-9-15-16(13)3/h8-12H,4-7H2,1-3H3. The number of carbonyl (C=O) groups excluding carboxylic acids is 1. The Bertz CT molecular complexity index is 387. The van der Waals surface area contributed by atoms with E-state index in [4.69, 9.17) is 0 Å². The van der Waals surface area contributed by atoms with Crippen LogP contribution in [0.3, 0.4) is 0 Å². The first-order valence-corrected chi connectivity index (χ1v) is 6.61. The molecule has 0 aromatic carbocycles. The molecule has 17 heavy (non-hydrogen) atoms. The van der Waals surface area contributed by atoms with E-state index in [1.165, 1.54) is 12.8 Å². The van der Waals surface area contributed by atoms with Crippen LogP contribution in [0.15, 0.2) is 12.3 Å². The molecule has 2 rings (SSSR count). The van der Waals surface area contributed by atoms with Crippen molar-refractivity contribution < 1.29 is 4.79 Å². The molecule has 3 nitrogen and oxygen atoms in total. The summed E-state index contributed by atoms with van der Waals surface area (Å²) in [6.45, 7) is 4.57. The van der Waals surface area contributed by atoms with Crippen LogP contribution in [0, 0.1) is 17.8 Å². The molecule has 1 aromatic heterocycles. The topological polar surface area (TPSA) is 34.9 Å². The van der Waals surface area contributed by atoms with Crippen LogP contribution in [-0.4, -0.2) is 15.6 Å². The van der Waals surface area contributed by atoms with E-state index >= 15 is 0 Å². The van der Waals surface area contributed by atoms with E-state index in [2.05, 4.69) is 18.9 Å². The number of rotatable bonds is 3. The first-order chi connectivity index (χ1) is 8.09. The molecule has 1 heterocycles. The molecule has 1 aliphatic rings. The third kappa shape index (κ3) is 2.59. The zero-order valence-corrected chi connectivity index (χ0v) is 11.0. The monoisotopic (exact) mass is 234 g/mol. The van der Waals surface area contributed by atoms with Crippen molar-refractivity contribution in [1.82, 2.24) is 9.78 Å². The molecule has 1 fully saturated rings. The van der Waals surface area contributed by atoms with Crippen molar-refractivity contribution in [3.8, 4) is 0 Å². The smallest absolute Gasteiger partial charge is 0.183 e. The molecule has 94 valence electrons. The molecule has 1 saturated carbocycles. The van der Waals surface area contributed by atoms with Gasteiger partial charge in [0.25, 0.3) is 0 Å². The summed E-state index contributed by atoms with van der Waals surface area (Å²) >= 11 is 0. The number of hydrogen-bond donors (Lipinski definition) is 0. The maximum absolute atomic E-state index is 12.3. The fourth-order valence-corrected chi connectivity index (χ4v) is 2.87. The summed E-state index contributed by atoms with van der Waals surface area (Å²) in [5, 5.41) is 4.07. The minimum Gasteiger partial charge on any atom is -0.292 e. The third-order valence-corrected chi connectivity index (χ3v) is 4.16. The van der Waals surface area contributed by atoms with Crippen molar-refractivity contribution in [3.05, 3.63) is 18.0 Å². The van der Waals surface area contributed by atoms with Crippen LogP contribution in [0.1, 0.15) is 50.0 Å². The van der Waals surface area contributed by atoms with Gasteiger partial charge in [-0.2, -0.15) is 5.10 Å². The van der Waals surface area contributed by atoms with Gasteiger partial charge < -0.3 is 0 Å². The summed E-state index contributed by atoms with van der Waals surface area (Å²) in [7, 11) is 1.84. The predicted octanol–water partition coefficient (Wildman–Crippen LogP) is 3.07. The van der Waals surface area contributed by atoms with Gasteiger partial charge in [0.05, 0.1) is 0 Å². The Morgan fingerprint density at radius 1 is 1.35 bits per heavy atom. The molecule has 1 aromatic rings. The van der Waals surface area contributed by atoms with Gasteiger partial charge in [0.15, 0.2) is 5.78 Å². The highest BCUT2D eigenvalue weighted by Gasteiger charge is 2.29. The molecule has 0 aliphatic heterocycles. The average Bonchev–Trinajstić information content (AvgIpc) is 2.74. The fourth-order valence-electron chi connectivity index (χ4n) is 2.87. The lowest BCUT2D eigenvalue weighted by Crippen LogP contribution is -2.25. The summed E-state index contributed by atoms with van der Waals surface area (Å²) in [4.78, 5) is 12.3. The predicted molar refractivity (Wildman–Crippen MR) is 67.8 cm³/mol. The fraction of sp³-hybridized carbons (Fsp3) is 0.714. The molecule has 0 saturated heterocycles. The Kier molecular flexibility index (Phi) is 3.65. The highest BCUT2D eigenvalue weighted by Crippen LogP contribution is 2.34. The van der Waals surface area contributed by atoms with E-state index in [0.717, 1.165) is 30.4 Å². The van der Waals surface area contributed by atoms with Gasteiger partial charge in [-0.1, -0.05) is 13.8 Å². The van der Waals surface area contributed by atoms with Gasteiger partial charge in [0.2, 0.25) is 0 Å². The second-order valence-corrected chi connectivity index (χ2v) is 5.56. The highest BCUT2D eigenvalue weighted by atomic mass is 16.1. The van der Waals surface area contributed by atoms with Crippen LogP contribution in [-0.2, 0) is 7.05 Å². The van der Waals surface area contributed by atoms with E-state index in [9.17, 15) is 4.79 Å². The Balaban J connectivity index is 1.98. The van der Waals surface area contributed by atoms with Crippen molar-refractivity contribution in [2.24, 2.45) is 24.8 Å². The Morgan fingerprint density at radius 2 is 2.00 bits per heavy atom. The van der Waals surface area contributed by atoms with Gasteiger partial charge in [0, 0.05) is 19.2 Å². The van der Waals surface area contributed by atoms with E-state index in [1.807, 2.05) is 13.1 Å². The van der Waals surface area contributed by atoms with Crippen LogP contribution in [0.5, 0.6) is 0 Å². The summed E-state index contributed by atoms with van der Waals surface area (Å²) in [6.07, 6.45) is 6.20. The summed E-state index contributed by atoms with van der Waals surface area (Å²) in [5.74, 6) is 2.07. The molecular weight excluding hydrogens is 212 g/mol. The van der Waals surface area contributed by atoms with Gasteiger partial charge in [-0.25, -0.2) is 0 Å². The number of carbonyl (C=O) groups is 1. The van der Waals surface area contributed by atoms with Crippen LogP contribution < -0.4 is 0 Å². The normalized spacial score (nSPS) is 25.2. The number of aryl methyl sites for hydroxylation is 1. The Morgan fingerprint density at radius 3 is 2.47 bits per heavy atom. The first-order valence-electron chi connectivity index (χ1n) is 6.61. The molecule has 0 spiro atoms. The molecule has 0 bridgehead atoms. The number of hydrogen-bond acceptors (Lipinski definition) is 2. The van der Waals surface area contributed by atoms with Crippen molar-refractivity contribution in [2.75, 3.05) is 0 Å². The van der Waals surface area contributed by atoms with E-state index in [0.29, 0.717) is 0 Å². The molecule has 0 atom stereocenters. The van der Waals surface area contributed by atoms with Crippen molar-refractivity contribution in [1.29, 1.82) is 0 Å². The summed E-state index contributed by atoms with van der Waals surface area (Å²) < 4.78 is 1.69. The van der Waals surface area contributed by atoms with Gasteiger partial charge >= 0.3 is 0 Å². The minimum atomic E-state index is 0.223. The van der Waals surface area contributed by atoms with Crippen LogP contribution in [0.25, 0.3) is 0 Å². The maximum Gasteiger partial charge on any atom is 0.183 e. The number of ketones is 1. The Labute approximate surface area is 103 Å². The summed E-state index contributed by atoms with van der Waals surface area (Å²) in [5.41, 5.74) is 0.762. The van der Waals surface area contributed by atoms with Crippen molar-refractivity contribution in [2.45, 2.75) is 39.5 Å². The minimum absolute atomic E-state index is 0.223. The molecular formula is C14H22N2O. The molecule has 0 unspecified atom stereocenters. The van der Waals surface area contributed by atoms with Gasteiger partial charge in [-0.3, -0.25) is 9.48 Å². The van der Waals surface area contributed by atoms with Gasteiger partial charge in [-0.05, 0) is 43.6 Å². The molecule has 3 heteroatoms. The average molecular weight is 234 g/mol. The maximum atomic E-state index is 12.3. The molecule has 1 aliphatic carbocycles. The van der Waals surface area contributed by atoms with E-state index in [-0.39, 0.29) is 11.7 Å². The van der Waals surface area contributed by atoms with Gasteiger partial charge in [0.1, 0.15) is 5.69 Å². The second-order valence-electron chi connectivity index (χ2n) is 5.56. The lowest BCUT2D eigenvalue weighted by molar-refractivity contribution is 0.0849. The zero-order chi connectivity index (χ0) is 12.4. The first kappa shape index (κ1) is 12.3. The molecule has 0 radical (unpaired) electrons. The largest absolute Gasteiger partial charge is 0.292 e. The zero-order valence-electron chi connectivity index (χ0n) is 11.0. The van der Waals surface area contributed by atoms with Crippen molar-refractivity contribution >= 4 is 5.78 Å². The van der Waals surface area contributed by atoms with Crippen LogP contribution in [0.2, 0.25) is 0 Å². The highest BCUT2D eigenvalue weighted by molar-refractivity contribution is 5.96. The SMILES string of the molecule is CC(C)C1CCC(C(=O)c2ccnn2C)CC1. The molecule has 0 amide bonds. The van der Waals surface area contributed by atoms with Crippen LogP contribution in [0.4, 0.5) is 0 Å². The lowest BCUT2D eigenvalue weighted by Gasteiger charge is -2.30. The molecule has 0 N–H and O–H groups in total. The summed E-state index contributed by atoms with van der Waals surface area (Å²) in [6, 6.07) is 1.83. The van der Waals surface area contributed by atoms with E-state index in [1.54, 1.807) is 10.9 Å².